The standard InChI is InChI=1S/C15H23N3O2/c1-10-15-11(9-14(19)20)3-2-4-13(15)18(17-10)12-5-7-16-8-6-12/h11-12,16H,2-9H2,1H3,(H,19,20). The highest BCUT2D eigenvalue weighted by molar-refractivity contribution is 5.68. The Morgan fingerprint density at radius 1 is 1.40 bits per heavy atom. The molecule has 2 heterocycles. The Balaban J connectivity index is 1.92. The van der Waals surface area contributed by atoms with Gasteiger partial charge in [-0.2, -0.15) is 5.10 Å². The van der Waals surface area contributed by atoms with E-state index in [-0.39, 0.29) is 12.3 Å². The Hall–Kier alpha value is -1.36. The Labute approximate surface area is 119 Å². The maximum atomic E-state index is 11.1. The molecule has 3 rings (SSSR count). The number of nitrogens with zero attached hydrogens (tertiary/aromatic N) is 2. The highest BCUT2D eigenvalue weighted by Crippen LogP contribution is 2.38. The normalized spacial score (nSPS) is 23.6. The maximum absolute atomic E-state index is 11.1. The van der Waals surface area contributed by atoms with Crippen LogP contribution in [0.2, 0.25) is 0 Å². The molecule has 1 unspecified atom stereocenters. The lowest BCUT2D eigenvalue weighted by Gasteiger charge is -2.27. The molecule has 1 fully saturated rings. The van der Waals surface area contributed by atoms with Gasteiger partial charge in [0.05, 0.1) is 18.2 Å². The third-order valence-electron chi connectivity index (χ3n) is 4.68. The number of nitrogens with one attached hydrogen (secondary N) is 1. The molecule has 5 nitrogen and oxygen atoms in total. The number of aryl methyl sites for hydroxylation is 1. The van der Waals surface area contributed by atoms with Crippen LogP contribution in [0.25, 0.3) is 0 Å². The number of fused-ring (bicyclic) bond motifs is 1. The Kier molecular flexibility index (Phi) is 3.78. The van der Waals surface area contributed by atoms with Crippen LogP contribution in [-0.4, -0.2) is 33.9 Å². The van der Waals surface area contributed by atoms with Gasteiger partial charge in [0.1, 0.15) is 0 Å². The van der Waals surface area contributed by atoms with Gasteiger partial charge in [0.15, 0.2) is 0 Å². The first-order chi connectivity index (χ1) is 9.66. The summed E-state index contributed by atoms with van der Waals surface area (Å²) < 4.78 is 2.22. The largest absolute Gasteiger partial charge is 0.481 e. The summed E-state index contributed by atoms with van der Waals surface area (Å²) in [7, 11) is 0. The number of hydrogen-bond donors (Lipinski definition) is 2. The summed E-state index contributed by atoms with van der Waals surface area (Å²) in [6, 6.07) is 0.488. The zero-order chi connectivity index (χ0) is 14.1. The minimum absolute atomic E-state index is 0.159. The van der Waals surface area contributed by atoms with E-state index >= 15 is 0 Å². The van der Waals surface area contributed by atoms with Gasteiger partial charge in [-0.3, -0.25) is 9.48 Å². The molecule has 0 saturated carbocycles. The van der Waals surface area contributed by atoms with Crippen molar-refractivity contribution < 1.29 is 9.90 Å². The lowest BCUT2D eigenvalue weighted by molar-refractivity contribution is -0.137. The quantitative estimate of drug-likeness (QED) is 0.887. The van der Waals surface area contributed by atoms with Gasteiger partial charge in [-0.05, 0) is 63.6 Å². The maximum Gasteiger partial charge on any atom is 0.303 e. The average Bonchev–Trinajstić information content (AvgIpc) is 2.78. The first-order valence-corrected chi connectivity index (χ1v) is 7.67. The van der Waals surface area contributed by atoms with Crippen molar-refractivity contribution in [3.05, 3.63) is 17.0 Å². The number of hydrogen-bond acceptors (Lipinski definition) is 3. The molecule has 1 aliphatic carbocycles. The van der Waals surface area contributed by atoms with Gasteiger partial charge in [0, 0.05) is 5.69 Å². The first kappa shape index (κ1) is 13.6. The SMILES string of the molecule is Cc1nn(C2CCNCC2)c2c1C(CC(=O)O)CCC2. The summed E-state index contributed by atoms with van der Waals surface area (Å²) in [6.07, 6.45) is 5.61. The fourth-order valence-electron chi connectivity index (χ4n) is 3.82. The second-order valence-electron chi connectivity index (χ2n) is 6.06. The third-order valence-corrected chi connectivity index (χ3v) is 4.68. The molecular formula is C15H23N3O2. The summed E-state index contributed by atoms with van der Waals surface area (Å²) in [4.78, 5) is 11.1. The minimum Gasteiger partial charge on any atom is -0.481 e. The number of piperidine rings is 1. The van der Waals surface area contributed by atoms with E-state index in [1.807, 2.05) is 6.92 Å². The number of carboxylic acid groups (broad SMARTS) is 1. The van der Waals surface area contributed by atoms with Crippen LogP contribution in [0, 0.1) is 6.92 Å². The van der Waals surface area contributed by atoms with Gasteiger partial charge in [-0.25, -0.2) is 0 Å². The molecule has 2 aliphatic rings. The van der Waals surface area contributed by atoms with Gasteiger partial charge in [0.2, 0.25) is 0 Å². The number of aromatic nitrogens is 2. The summed E-state index contributed by atoms with van der Waals surface area (Å²) in [5.74, 6) is -0.538. The zero-order valence-corrected chi connectivity index (χ0v) is 12.1. The molecule has 1 aliphatic heterocycles. The van der Waals surface area contributed by atoms with E-state index in [9.17, 15) is 4.79 Å². The second-order valence-corrected chi connectivity index (χ2v) is 6.06. The molecular weight excluding hydrogens is 254 g/mol. The van der Waals surface area contributed by atoms with Crippen molar-refractivity contribution in [3.63, 3.8) is 0 Å². The second kappa shape index (κ2) is 5.56. The van der Waals surface area contributed by atoms with Gasteiger partial charge in [0.25, 0.3) is 0 Å². The van der Waals surface area contributed by atoms with Crippen molar-refractivity contribution >= 4 is 5.97 Å². The van der Waals surface area contributed by atoms with Crippen molar-refractivity contribution in [2.45, 2.75) is 57.4 Å². The fraction of sp³-hybridized carbons (Fsp3) is 0.733. The monoisotopic (exact) mass is 277 g/mol. The zero-order valence-electron chi connectivity index (χ0n) is 12.1. The number of carboxylic acids is 1. The predicted molar refractivity (Wildman–Crippen MR) is 76.0 cm³/mol. The number of aliphatic carboxylic acids is 1. The fourth-order valence-corrected chi connectivity index (χ4v) is 3.82. The molecule has 110 valence electrons. The van der Waals surface area contributed by atoms with Crippen LogP contribution in [0.1, 0.15) is 61.0 Å². The van der Waals surface area contributed by atoms with E-state index in [0.29, 0.717) is 6.04 Å². The van der Waals surface area contributed by atoms with E-state index in [0.717, 1.165) is 50.9 Å². The van der Waals surface area contributed by atoms with Crippen molar-refractivity contribution in [2.75, 3.05) is 13.1 Å². The highest BCUT2D eigenvalue weighted by Gasteiger charge is 2.30. The van der Waals surface area contributed by atoms with Gasteiger partial charge in [-0.1, -0.05) is 0 Å². The summed E-state index contributed by atoms with van der Waals surface area (Å²) in [5, 5.41) is 17.3. The summed E-state index contributed by atoms with van der Waals surface area (Å²) in [5.41, 5.74) is 3.59. The van der Waals surface area contributed by atoms with Crippen LogP contribution in [0.4, 0.5) is 0 Å². The predicted octanol–water partition coefficient (Wildman–Crippen LogP) is 2.01. The van der Waals surface area contributed by atoms with Crippen LogP contribution < -0.4 is 5.32 Å². The first-order valence-electron chi connectivity index (χ1n) is 7.67. The van der Waals surface area contributed by atoms with Crippen molar-refractivity contribution in [1.82, 2.24) is 15.1 Å². The van der Waals surface area contributed by atoms with E-state index in [1.165, 1.54) is 11.3 Å². The van der Waals surface area contributed by atoms with Crippen molar-refractivity contribution in [1.29, 1.82) is 0 Å². The molecule has 1 saturated heterocycles. The van der Waals surface area contributed by atoms with Crippen molar-refractivity contribution in [3.8, 4) is 0 Å². The Bertz CT molecular complexity index is 503. The molecule has 0 aromatic carbocycles. The average molecular weight is 277 g/mol. The van der Waals surface area contributed by atoms with Crippen LogP contribution in [0.15, 0.2) is 0 Å². The molecule has 0 radical (unpaired) electrons. The minimum atomic E-state index is -0.697. The highest BCUT2D eigenvalue weighted by atomic mass is 16.4. The Morgan fingerprint density at radius 3 is 2.85 bits per heavy atom. The molecule has 2 N–H and O–H groups in total. The summed E-state index contributed by atoms with van der Waals surface area (Å²) in [6.45, 7) is 4.14. The van der Waals surface area contributed by atoms with Crippen LogP contribution in [0.5, 0.6) is 0 Å². The van der Waals surface area contributed by atoms with Gasteiger partial charge in [-0.15, -0.1) is 0 Å². The van der Waals surface area contributed by atoms with Crippen LogP contribution >= 0.6 is 0 Å². The van der Waals surface area contributed by atoms with Crippen molar-refractivity contribution in [2.24, 2.45) is 0 Å². The topological polar surface area (TPSA) is 67.2 Å². The van der Waals surface area contributed by atoms with Gasteiger partial charge >= 0.3 is 5.97 Å². The molecule has 1 aromatic rings. The van der Waals surface area contributed by atoms with E-state index in [4.69, 9.17) is 10.2 Å². The van der Waals surface area contributed by atoms with E-state index in [1.54, 1.807) is 0 Å². The molecule has 1 atom stereocenters. The molecule has 5 heteroatoms. The molecule has 0 amide bonds. The Morgan fingerprint density at radius 2 is 2.15 bits per heavy atom. The molecule has 0 bridgehead atoms. The smallest absolute Gasteiger partial charge is 0.303 e. The lowest BCUT2D eigenvalue weighted by atomic mass is 9.83. The molecule has 20 heavy (non-hydrogen) atoms. The van der Waals surface area contributed by atoms with Crippen LogP contribution in [-0.2, 0) is 11.2 Å². The van der Waals surface area contributed by atoms with Crippen LogP contribution in [0.3, 0.4) is 0 Å². The molecule has 1 aromatic heterocycles. The number of rotatable bonds is 3. The van der Waals surface area contributed by atoms with E-state index in [2.05, 4.69) is 10.00 Å². The third kappa shape index (κ3) is 2.46. The lowest BCUT2D eigenvalue weighted by Crippen LogP contribution is -2.31. The molecule has 0 spiro atoms. The van der Waals surface area contributed by atoms with E-state index < -0.39 is 5.97 Å². The number of carbonyl (C=O) groups is 1. The van der Waals surface area contributed by atoms with Gasteiger partial charge < -0.3 is 10.4 Å². The summed E-state index contributed by atoms with van der Waals surface area (Å²) >= 11 is 0.